The van der Waals surface area contributed by atoms with Gasteiger partial charge in [-0.2, -0.15) is 0 Å². The van der Waals surface area contributed by atoms with Crippen LogP contribution in [0.1, 0.15) is 18.9 Å². The minimum absolute atomic E-state index is 0.0123. The number of carbonyl (C=O) groups excluding carboxylic acids is 1. The number of piperidine rings is 1. The van der Waals surface area contributed by atoms with Gasteiger partial charge in [-0.25, -0.2) is 4.98 Å². The normalized spacial score (nSPS) is 18.3. The lowest BCUT2D eigenvalue weighted by Gasteiger charge is -2.24. The van der Waals surface area contributed by atoms with Crippen LogP contribution in [0, 0.1) is 0 Å². The maximum atomic E-state index is 12.1. The number of rotatable bonds is 3. The molecule has 1 saturated heterocycles. The molecule has 1 aliphatic heterocycles. The van der Waals surface area contributed by atoms with Crippen LogP contribution in [0.25, 0.3) is 11.4 Å². The van der Waals surface area contributed by atoms with Crippen LogP contribution in [0.5, 0.6) is 11.5 Å². The van der Waals surface area contributed by atoms with Crippen LogP contribution in [0.3, 0.4) is 0 Å². The van der Waals surface area contributed by atoms with Gasteiger partial charge in [0.05, 0.1) is 12.7 Å². The van der Waals surface area contributed by atoms with Crippen LogP contribution < -0.4 is 10.1 Å². The maximum absolute atomic E-state index is 12.1. The maximum Gasteiger partial charge on any atom is 0.243 e. The molecule has 1 atom stereocenters. The van der Waals surface area contributed by atoms with Crippen molar-refractivity contribution in [3.8, 4) is 22.9 Å². The number of benzene rings is 1. The van der Waals surface area contributed by atoms with Crippen molar-refractivity contribution in [3.05, 3.63) is 30.6 Å². The molecule has 21 heavy (non-hydrogen) atoms. The number of phenols is 1. The summed E-state index contributed by atoms with van der Waals surface area (Å²) in [6.45, 7) is 0.724. The fraction of sp³-hybridized carbons (Fsp3) is 0.333. The first-order chi connectivity index (χ1) is 10.2. The zero-order valence-corrected chi connectivity index (χ0v) is 11.7. The third-order valence-electron chi connectivity index (χ3n) is 3.69. The molecule has 1 aromatic heterocycles. The second kappa shape index (κ2) is 5.47. The average molecular weight is 287 g/mol. The summed E-state index contributed by atoms with van der Waals surface area (Å²) < 4.78 is 7.17. The Kier molecular flexibility index (Phi) is 3.51. The van der Waals surface area contributed by atoms with Gasteiger partial charge in [0, 0.05) is 25.0 Å². The van der Waals surface area contributed by atoms with E-state index in [9.17, 15) is 9.90 Å². The molecule has 0 radical (unpaired) electrons. The van der Waals surface area contributed by atoms with Gasteiger partial charge >= 0.3 is 0 Å². The molecule has 0 unspecified atom stereocenters. The molecular formula is C15H17N3O3. The second-order valence-corrected chi connectivity index (χ2v) is 4.99. The van der Waals surface area contributed by atoms with Crippen molar-refractivity contribution < 1.29 is 14.6 Å². The number of carbonyl (C=O) groups is 1. The molecule has 1 amide bonds. The van der Waals surface area contributed by atoms with E-state index >= 15 is 0 Å². The molecule has 0 saturated carbocycles. The Morgan fingerprint density at radius 2 is 2.33 bits per heavy atom. The van der Waals surface area contributed by atoms with Crippen LogP contribution in [0.2, 0.25) is 0 Å². The molecular weight excluding hydrogens is 270 g/mol. The topological polar surface area (TPSA) is 76.4 Å². The minimum atomic E-state index is -0.255. The highest BCUT2D eigenvalue weighted by atomic mass is 16.5. The summed E-state index contributed by atoms with van der Waals surface area (Å²) in [5, 5.41) is 12.4. The Hall–Kier alpha value is -2.50. The molecule has 0 aliphatic carbocycles. The molecule has 3 rings (SSSR count). The SMILES string of the molecule is COc1cc(O)ccc1-c1nccn1[C@@H]1CCCNC1=O. The van der Waals surface area contributed by atoms with Gasteiger partial charge < -0.3 is 19.7 Å². The number of hydrogen-bond donors (Lipinski definition) is 2. The molecule has 1 aliphatic rings. The van der Waals surface area contributed by atoms with E-state index in [4.69, 9.17) is 4.74 Å². The van der Waals surface area contributed by atoms with Crippen molar-refractivity contribution in [2.75, 3.05) is 13.7 Å². The lowest BCUT2D eigenvalue weighted by molar-refractivity contribution is -0.125. The highest BCUT2D eigenvalue weighted by Crippen LogP contribution is 2.34. The largest absolute Gasteiger partial charge is 0.508 e. The van der Waals surface area contributed by atoms with Gasteiger partial charge in [-0.1, -0.05) is 0 Å². The molecule has 2 N–H and O–H groups in total. The van der Waals surface area contributed by atoms with Crippen molar-refractivity contribution in [2.24, 2.45) is 0 Å². The lowest BCUT2D eigenvalue weighted by atomic mass is 10.1. The van der Waals surface area contributed by atoms with E-state index in [1.165, 1.54) is 6.07 Å². The monoisotopic (exact) mass is 287 g/mol. The number of nitrogens with zero attached hydrogens (tertiary/aromatic N) is 2. The van der Waals surface area contributed by atoms with E-state index in [1.807, 2.05) is 4.57 Å². The number of phenolic OH excluding ortho intramolecular Hbond substituents is 1. The van der Waals surface area contributed by atoms with Gasteiger partial charge in [-0.15, -0.1) is 0 Å². The highest BCUT2D eigenvalue weighted by Gasteiger charge is 2.26. The molecule has 0 spiro atoms. The zero-order valence-electron chi connectivity index (χ0n) is 11.7. The van der Waals surface area contributed by atoms with Crippen LogP contribution in [-0.4, -0.2) is 34.2 Å². The first-order valence-electron chi connectivity index (χ1n) is 6.88. The summed E-state index contributed by atoms with van der Waals surface area (Å²) in [4.78, 5) is 16.4. The van der Waals surface area contributed by atoms with Gasteiger partial charge in [0.25, 0.3) is 0 Å². The quantitative estimate of drug-likeness (QED) is 0.901. The molecule has 0 bridgehead atoms. The van der Waals surface area contributed by atoms with Crippen molar-refractivity contribution in [1.29, 1.82) is 0 Å². The Balaban J connectivity index is 2.05. The average Bonchev–Trinajstić information content (AvgIpc) is 2.96. The number of aromatic nitrogens is 2. The smallest absolute Gasteiger partial charge is 0.243 e. The lowest BCUT2D eigenvalue weighted by Crippen LogP contribution is -2.37. The first-order valence-corrected chi connectivity index (χ1v) is 6.88. The molecule has 1 fully saturated rings. The Bertz CT molecular complexity index is 666. The molecule has 1 aromatic carbocycles. The number of amides is 1. The van der Waals surface area contributed by atoms with E-state index in [2.05, 4.69) is 10.3 Å². The third kappa shape index (κ3) is 2.44. The van der Waals surface area contributed by atoms with Crippen molar-refractivity contribution in [3.63, 3.8) is 0 Å². The fourth-order valence-corrected chi connectivity index (χ4v) is 2.66. The minimum Gasteiger partial charge on any atom is -0.508 e. The van der Waals surface area contributed by atoms with Crippen molar-refractivity contribution in [2.45, 2.75) is 18.9 Å². The highest BCUT2D eigenvalue weighted by molar-refractivity contribution is 5.82. The van der Waals surface area contributed by atoms with E-state index < -0.39 is 0 Å². The molecule has 6 nitrogen and oxygen atoms in total. The van der Waals surface area contributed by atoms with E-state index in [0.29, 0.717) is 11.6 Å². The van der Waals surface area contributed by atoms with Gasteiger partial charge in [-0.05, 0) is 25.0 Å². The van der Waals surface area contributed by atoms with Gasteiger partial charge in [0.1, 0.15) is 23.4 Å². The van der Waals surface area contributed by atoms with Crippen LogP contribution >= 0.6 is 0 Å². The summed E-state index contributed by atoms with van der Waals surface area (Å²) in [6.07, 6.45) is 5.21. The van der Waals surface area contributed by atoms with Gasteiger partial charge in [0.2, 0.25) is 5.91 Å². The summed E-state index contributed by atoms with van der Waals surface area (Å²) in [5.41, 5.74) is 0.749. The number of aromatic hydroxyl groups is 1. The summed E-state index contributed by atoms with van der Waals surface area (Å²) >= 11 is 0. The standard InChI is InChI=1S/C15H17N3O3/c1-21-13-9-10(19)4-5-11(13)14-16-7-8-18(14)12-3-2-6-17-15(12)20/h4-5,7-9,12,19H,2-3,6H2,1H3,(H,17,20)/t12-/m1/s1. The molecule has 110 valence electrons. The van der Waals surface area contributed by atoms with Gasteiger partial charge in [-0.3, -0.25) is 4.79 Å². The molecule has 2 aromatic rings. The number of hydrogen-bond acceptors (Lipinski definition) is 4. The summed E-state index contributed by atoms with van der Waals surface area (Å²) in [6, 6.07) is 4.61. The van der Waals surface area contributed by atoms with E-state index in [-0.39, 0.29) is 17.7 Å². The fourth-order valence-electron chi connectivity index (χ4n) is 2.66. The Labute approximate surface area is 122 Å². The number of imidazole rings is 1. The van der Waals surface area contributed by atoms with Crippen LogP contribution in [0.15, 0.2) is 30.6 Å². The zero-order chi connectivity index (χ0) is 14.8. The van der Waals surface area contributed by atoms with Crippen LogP contribution in [0.4, 0.5) is 0 Å². The predicted molar refractivity (Wildman–Crippen MR) is 77.2 cm³/mol. The third-order valence-corrected chi connectivity index (χ3v) is 3.69. The van der Waals surface area contributed by atoms with Gasteiger partial charge in [0.15, 0.2) is 0 Å². The van der Waals surface area contributed by atoms with Crippen molar-refractivity contribution >= 4 is 5.91 Å². The molecule has 2 heterocycles. The Morgan fingerprint density at radius 3 is 3.10 bits per heavy atom. The van der Waals surface area contributed by atoms with E-state index in [0.717, 1.165) is 24.9 Å². The van der Waals surface area contributed by atoms with Crippen molar-refractivity contribution in [1.82, 2.24) is 14.9 Å². The predicted octanol–water partition coefficient (Wildman–Crippen LogP) is 1.72. The number of methoxy groups -OCH3 is 1. The molecule has 6 heteroatoms. The van der Waals surface area contributed by atoms with E-state index in [1.54, 1.807) is 31.6 Å². The number of ether oxygens (including phenoxy) is 1. The second-order valence-electron chi connectivity index (χ2n) is 4.99. The summed E-state index contributed by atoms with van der Waals surface area (Å²) in [7, 11) is 1.54. The Morgan fingerprint density at radius 1 is 1.48 bits per heavy atom. The number of nitrogens with one attached hydrogen (secondary N) is 1. The first kappa shape index (κ1) is 13.5. The van der Waals surface area contributed by atoms with Crippen LogP contribution in [-0.2, 0) is 4.79 Å². The summed E-state index contributed by atoms with van der Waals surface area (Å²) in [5.74, 6) is 1.33.